The average molecular weight is 537 g/mol. The maximum atomic E-state index is 14.0. The van der Waals surface area contributed by atoms with Crippen LogP contribution in [0.4, 0.5) is 14.5 Å². The first-order chi connectivity index (χ1) is 15.5. The molecular formula is C21H18Cl3F2N3O3S. The first-order valence-corrected chi connectivity index (χ1v) is 12.4. The zero-order valence-electron chi connectivity index (χ0n) is 17.0. The van der Waals surface area contributed by atoms with E-state index in [9.17, 15) is 22.0 Å². The molecule has 3 aromatic rings. The van der Waals surface area contributed by atoms with Crippen LogP contribution < -0.4 is 4.90 Å². The molecule has 1 amide bonds. The number of anilines is 1. The van der Waals surface area contributed by atoms with Crippen LogP contribution in [0.25, 0.3) is 10.9 Å². The Balaban J connectivity index is 1.76. The van der Waals surface area contributed by atoms with Gasteiger partial charge in [-0.3, -0.25) is 4.79 Å². The molecule has 0 atom stereocenters. The van der Waals surface area contributed by atoms with Gasteiger partial charge in [0.05, 0.1) is 10.4 Å². The number of aromatic nitrogens is 1. The normalized spacial score (nSPS) is 15.5. The molecule has 0 aliphatic carbocycles. The highest BCUT2D eigenvalue weighted by molar-refractivity contribution is 7.90. The Morgan fingerprint density at radius 3 is 2.15 bits per heavy atom. The van der Waals surface area contributed by atoms with Gasteiger partial charge in [-0.25, -0.2) is 21.2 Å². The van der Waals surface area contributed by atoms with Crippen molar-refractivity contribution in [2.45, 2.75) is 15.1 Å². The third-order valence-electron chi connectivity index (χ3n) is 5.49. The molecular weight excluding hydrogens is 519 g/mol. The number of hydrogen-bond acceptors (Lipinski definition) is 4. The van der Waals surface area contributed by atoms with Crippen molar-refractivity contribution in [1.29, 1.82) is 0 Å². The lowest BCUT2D eigenvalue weighted by Gasteiger charge is -2.37. The molecule has 0 radical (unpaired) electrons. The summed E-state index contributed by atoms with van der Waals surface area (Å²) in [6, 6.07) is 12.4. The highest BCUT2D eigenvalue weighted by atomic mass is 35.6. The third-order valence-corrected chi connectivity index (χ3v) is 7.66. The van der Waals surface area contributed by atoms with E-state index in [1.807, 2.05) is 4.90 Å². The molecule has 176 valence electrons. The minimum atomic E-state index is -4.09. The Kier molecular flexibility index (Phi) is 6.52. The summed E-state index contributed by atoms with van der Waals surface area (Å²) in [7, 11) is -4.09. The van der Waals surface area contributed by atoms with Gasteiger partial charge in [0.25, 0.3) is 26.1 Å². The van der Waals surface area contributed by atoms with Gasteiger partial charge in [0.1, 0.15) is 0 Å². The fourth-order valence-corrected chi connectivity index (χ4v) is 5.68. The van der Waals surface area contributed by atoms with Crippen LogP contribution in [0.15, 0.2) is 59.6 Å². The van der Waals surface area contributed by atoms with E-state index in [1.165, 1.54) is 23.1 Å². The number of alkyl halides is 5. The van der Waals surface area contributed by atoms with Crippen molar-refractivity contribution in [3.8, 4) is 0 Å². The fourth-order valence-electron chi connectivity index (χ4n) is 3.93. The summed E-state index contributed by atoms with van der Waals surface area (Å²) in [4.78, 5) is 15.4. The largest absolute Gasteiger partial charge is 0.367 e. The fraction of sp³-hybridized carbons (Fsp3) is 0.286. The predicted octanol–water partition coefficient (Wildman–Crippen LogP) is 4.83. The summed E-state index contributed by atoms with van der Waals surface area (Å²) in [6.07, 6.45) is -1.92. The first-order valence-electron chi connectivity index (χ1n) is 9.85. The molecule has 0 unspecified atom stereocenters. The molecule has 33 heavy (non-hydrogen) atoms. The summed E-state index contributed by atoms with van der Waals surface area (Å²) in [5.41, 5.74) is 0.206. The molecule has 1 saturated heterocycles. The number of fused-ring (bicyclic) bond motifs is 1. The minimum absolute atomic E-state index is 0.00745. The number of nitrogens with zero attached hydrogens (tertiary/aromatic N) is 3. The van der Waals surface area contributed by atoms with E-state index in [0.29, 0.717) is 18.8 Å². The summed E-state index contributed by atoms with van der Waals surface area (Å²) in [6.45, 7) is 1.03. The summed E-state index contributed by atoms with van der Waals surface area (Å²) in [5, 5.41) is 0.146. The smallest absolute Gasteiger partial charge is 0.274 e. The van der Waals surface area contributed by atoms with E-state index in [2.05, 4.69) is 0 Å². The van der Waals surface area contributed by atoms with Gasteiger partial charge in [0.15, 0.2) is 0 Å². The number of hydrogen-bond donors (Lipinski definition) is 0. The molecule has 12 heteroatoms. The van der Waals surface area contributed by atoms with Gasteiger partial charge in [-0.05, 0) is 24.3 Å². The number of amides is 1. The van der Waals surface area contributed by atoms with Crippen molar-refractivity contribution < 1.29 is 22.0 Å². The molecule has 0 saturated carbocycles. The van der Waals surface area contributed by atoms with Crippen molar-refractivity contribution in [3.05, 3.63) is 60.3 Å². The van der Waals surface area contributed by atoms with E-state index in [0.717, 1.165) is 10.2 Å². The minimum Gasteiger partial charge on any atom is -0.367 e. The monoisotopic (exact) mass is 535 g/mol. The number of carbonyl (C=O) groups is 1. The lowest BCUT2D eigenvalue weighted by molar-refractivity contribution is -0.130. The SMILES string of the molecule is O=C(N1CCN(c2cccc3c2c(C(F)F)cn3S(=O)(=O)c2ccccc2)CC1)C(Cl)(Cl)Cl. The van der Waals surface area contributed by atoms with Gasteiger partial charge in [0, 0.05) is 49.0 Å². The lowest BCUT2D eigenvalue weighted by Crippen LogP contribution is -2.51. The highest BCUT2D eigenvalue weighted by Gasteiger charge is 2.37. The molecule has 1 aliphatic rings. The van der Waals surface area contributed by atoms with Gasteiger partial charge >= 0.3 is 0 Å². The predicted molar refractivity (Wildman–Crippen MR) is 125 cm³/mol. The van der Waals surface area contributed by atoms with Gasteiger partial charge in [-0.15, -0.1) is 0 Å². The third kappa shape index (κ3) is 4.51. The molecule has 0 N–H and O–H groups in total. The number of carbonyl (C=O) groups excluding carboxylic acids is 1. The summed E-state index contributed by atoms with van der Waals surface area (Å²) >= 11 is 17.0. The van der Waals surface area contributed by atoms with Crippen molar-refractivity contribution in [2.75, 3.05) is 31.1 Å². The molecule has 0 bridgehead atoms. The maximum Gasteiger partial charge on any atom is 0.274 e. The van der Waals surface area contributed by atoms with Crippen molar-refractivity contribution >= 4 is 67.3 Å². The van der Waals surface area contributed by atoms with Gasteiger partial charge in [-0.2, -0.15) is 0 Å². The van der Waals surface area contributed by atoms with E-state index >= 15 is 0 Å². The number of piperazine rings is 1. The number of benzene rings is 2. The molecule has 6 nitrogen and oxygen atoms in total. The Bertz CT molecular complexity index is 1290. The van der Waals surface area contributed by atoms with Crippen molar-refractivity contribution in [2.24, 2.45) is 0 Å². The topological polar surface area (TPSA) is 62.6 Å². The van der Waals surface area contributed by atoms with Gasteiger partial charge in [0.2, 0.25) is 0 Å². The Morgan fingerprint density at radius 2 is 1.58 bits per heavy atom. The van der Waals surface area contributed by atoms with Crippen LogP contribution in [0, 0.1) is 0 Å². The summed E-state index contributed by atoms with van der Waals surface area (Å²) < 4.78 is 53.3. The van der Waals surface area contributed by atoms with Crippen LogP contribution in [0.5, 0.6) is 0 Å². The molecule has 4 rings (SSSR count). The number of rotatable bonds is 4. The Morgan fingerprint density at radius 1 is 0.939 bits per heavy atom. The first kappa shape index (κ1) is 24.1. The maximum absolute atomic E-state index is 14.0. The van der Waals surface area contributed by atoms with E-state index < -0.39 is 26.1 Å². The molecule has 2 heterocycles. The van der Waals surface area contributed by atoms with Crippen LogP contribution in [-0.4, -0.2) is 53.2 Å². The summed E-state index contributed by atoms with van der Waals surface area (Å²) in [5.74, 6) is -0.654. The second kappa shape index (κ2) is 8.94. The van der Waals surface area contributed by atoms with E-state index in [-0.39, 0.29) is 34.5 Å². The molecule has 1 aliphatic heterocycles. The second-order valence-corrected chi connectivity index (χ2v) is 11.5. The zero-order valence-corrected chi connectivity index (χ0v) is 20.1. The molecule has 1 aromatic heterocycles. The van der Waals surface area contributed by atoms with E-state index in [4.69, 9.17) is 34.8 Å². The molecule has 0 spiro atoms. The average Bonchev–Trinajstić information content (AvgIpc) is 3.20. The van der Waals surface area contributed by atoms with Crippen LogP contribution in [0.3, 0.4) is 0 Å². The highest BCUT2D eigenvalue weighted by Crippen LogP contribution is 2.38. The quantitative estimate of drug-likeness (QED) is 0.448. The van der Waals surface area contributed by atoms with Crippen molar-refractivity contribution in [3.63, 3.8) is 0 Å². The molecule has 2 aromatic carbocycles. The molecule has 1 fully saturated rings. The van der Waals surface area contributed by atoms with Crippen LogP contribution in [0.2, 0.25) is 0 Å². The van der Waals surface area contributed by atoms with Crippen LogP contribution in [-0.2, 0) is 14.8 Å². The van der Waals surface area contributed by atoms with Gasteiger partial charge in [-0.1, -0.05) is 59.1 Å². The zero-order chi connectivity index (χ0) is 24.0. The Labute approximate surface area is 204 Å². The van der Waals surface area contributed by atoms with Crippen LogP contribution in [0.1, 0.15) is 12.0 Å². The van der Waals surface area contributed by atoms with E-state index in [1.54, 1.807) is 30.3 Å². The van der Waals surface area contributed by atoms with Crippen molar-refractivity contribution in [1.82, 2.24) is 8.87 Å². The van der Waals surface area contributed by atoms with Gasteiger partial charge < -0.3 is 9.80 Å². The lowest BCUT2D eigenvalue weighted by atomic mass is 10.1. The number of halogens is 5. The standard InChI is InChI=1S/C21H18Cl3F2N3O3S/c22-21(23,24)20(30)28-11-9-27(10-12-28)16-7-4-8-17-18(16)15(19(25)26)13-29(17)33(31,32)14-5-2-1-3-6-14/h1-8,13,19H,9-12H2. The Hall–Kier alpha value is -2.07. The van der Waals surface area contributed by atoms with Crippen LogP contribution >= 0.6 is 34.8 Å². The second-order valence-electron chi connectivity index (χ2n) is 7.45.